The van der Waals surface area contributed by atoms with Gasteiger partial charge in [0.25, 0.3) is 0 Å². The number of aromatic nitrogens is 1. The molecule has 0 aliphatic rings. The maximum absolute atomic E-state index is 12.7. The van der Waals surface area contributed by atoms with E-state index in [1.54, 1.807) is 18.3 Å². The third-order valence-electron chi connectivity index (χ3n) is 2.50. The van der Waals surface area contributed by atoms with Crippen LogP contribution in [0.4, 0.5) is 4.39 Å². The molecular weight excluding hydrogens is 219 g/mol. The molecule has 2 aromatic rings. The minimum Gasteiger partial charge on any atom is -0.445 e. The average molecular weight is 234 g/mol. The molecule has 0 spiro atoms. The highest BCUT2D eigenvalue weighted by Gasteiger charge is 2.04. The molecule has 0 atom stereocenters. The molecule has 17 heavy (non-hydrogen) atoms. The van der Waals surface area contributed by atoms with Crippen LogP contribution in [0.1, 0.15) is 23.6 Å². The lowest BCUT2D eigenvalue weighted by Gasteiger charge is -1.97. The summed E-state index contributed by atoms with van der Waals surface area (Å²) in [7, 11) is 0. The first-order valence-electron chi connectivity index (χ1n) is 5.66. The topological polar surface area (TPSA) is 52.0 Å². The van der Waals surface area contributed by atoms with Crippen molar-refractivity contribution in [2.75, 3.05) is 6.54 Å². The first kappa shape index (κ1) is 11.8. The van der Waals surface area contributed by atoms with E-state index in [0.717, 1.165) is 24.2 Å². The van der Waals surface area contributed by atoms with Gasteiger partial charge in [-0.2, -0.15) is 0 Å². The number of oxazole rings is 1. The molecular formula is C13H15FN2O. The Morgan fingerprint density at radius 3 is 2.71 bits per heavy atom. The molecule has 1 heterocycles. The maximum atomic E-state index is 12.7. The van der Waals surface area contributed by atoms with Crippen LogP contribution < -0.4 is 5.73 Å². The summed E-state index contributed by atoms with van der Waals surface area (Å²) in [6.07, 6.45) is 4.02. The van der Waals surface area contributed by atoms with Crippen LogP contribution in [0.15, 0.2) is 34.9 Å². The van der Waals surface area contributed by atoms with Crippen LogP contribution in [0.5, 0.6) is 0 Å². The Hall–Kier alpha value is -1.68. The van der Waals surface area contributed by atoms with Gasteiger partial charge in [0.2, 0.25) is 0 Å². The van der Waals surface area contributed by atoms with Crippen LogP contribution in [-0.4, -0.2) is 11.5 Å². The van der Waals surface area contributed by atoms with Gasteiger partial charge < -0.3 is 10.2 Å². The highest BCUT2D eigenvalue weighted by molar-refractivity contribution is 5.19. The lowest BCUT2D eigenvalue weighted by atomic mass is 10.1. The smallest absolute Gasteiger partial charge is 0.198 e. The van der Waals surface area contributed by atoms with E-state index in [0.29, 0.717) is 18.9 Å². The van der Waals surface area contributed by atoms with Crippen molar-refractivity contribution in [3.63, 3.8) is 0 Å². The van der Waals surface area contributed by atoms with Gasteiger partial charge in [-0.15, -0.1) is 0 Å². The zero-order valence-electron chi connectivity index (χ0n) is 9.53. The second kappa shape index (κ2) is 5.59. The van der Waals surface area contributed by atoms with E-state index < -0.39 is 0 Å². The predicted octanol–water partition coefficient (Wildman–Crippen LogP) is 2.30. The largest absolute Gasteiger partial charge is 0.445 e. The van der Waals surface area contributed by atoms with Crippen molar-refractivity contribution in [1.29, 1.82) is 0 Å². The molecule has 90 valence electrons. The van der Waals surface area contributed by atoms with Crippen molar-refractivity contribution in [3.05, 3.63) is 53.5 Å². The van der Waals surface area contributed by atoms with Crippen molar-refractivity contribution in [2.24, 2.45) is 5.73 Å². The zero-order chi connectivity index (χ0) is 12.1. The van der Waals surface area contributed by atoms with Gasteiger partial charge in [-0.1, -0.05) is 12.1 Å². The van der Waals surface area contributed by atoms with Gasteiger partial charge in [0.15, 0.2) is 5.89 Å². The van der Waals surface area contributed by atoms with Gasteiger partial charge in [0.05, 0.1) is 6.20 Å². The number of halogens is 1. The number of aryl methyl sites for hydroxylation is 1. The summed E-state index contributed by atoms with van der Waals surface area (Å²) >= 11 is 0. The summed E-state index contributed by atoms with van der Waals surface area (Å²) in [5.41, 5.74) is 6.41. The Kier molecular flexibility index (Phi) is 3.88. The molecule has 0 amide bonds. The molecule has 0 radical (unpaired) electrons. The summed E-state index contributed by atoms with van der Waals surface area (Å²) in [4.78, 5) is 4.19. The number of rotatable bonds is 5. The minimum absolute atomic E-state index is 0.232. The summed E-state index contributed by atoms with van der Waals surface area (Å²) in [6, 6.07) is 6.35. The van der Waals surface area contributed by atoms with E-state index >= 15 is 0 Å². The quantitative estimate of drug-likeness (QED) is 0.863. The second-order valence-corrected chi connectivity index (χ2v) is 3.92. The van der Waals surface area contributed by atoms with Gasteiger partial charge in [-0.3, -0.25) is 0 Å². The third-order valence-corrected chi connectivity index (χ3v) is 2.50. The predicted molar refractivity (Wildman–Crippen MR) is 63.1 cm³/mol. The molecule has 0 saturated heterocycles. The Morgan fingerprint density at radius 1 is 1.24 bits per heavy atom. The molecule has 0 bridgehead atoms. The number of nitrogens with two attached hydrogens (primary N) is 1. The van der Waals surface area contributed by atoms with Crippen molar-refractivity contribution < 1.29 is 8.81 Å². The van der Waals surface area contributed by atoms with E-state index in [-0.39, 0.29) is 5.82 Å². The van der Waals surface area contributed by atoms with Crippen molar-refractivity contribution in [2.45, 2.75) is 19.3 Å². The van der Waals surface area contributed by atoms with Gasteiger partial charge in [0.1, 0.15) is 11.6 Å². The molecule has 3 nitrogen and oxygen atoms in total. The standard InChI is InChI=1S/C13H15FN2O/c14-11-5-3-10(4-6-11)8-13-16-9-12(17-13)2-1-7-15/h3-6,9H,1-2,7-8,15H2. The minimum atomic E-state index is -0.232. The normalized spacial score (nSPS) is 10.7. The molecule has 4 heteroatoms. The van der Waals surface area contributed by atoms with E-state index in [9.17, 15) is 4.39 Å². The van der Waals surface area contributed by atoms with Crippen LogP contribution >= 0.6 is 0 Å². The average Bonchev–Trinajstić information content (AvgIpc) is 2.77. The van der Waals surface area contributed by atoms with E-state index in [2.05, 4.69) is 4.98 Å². The second-order valence-electron chi connectivity index (χ2n) is 3.92. The van der Waals surface area contributed by atoms with Gasteiger partial charge in [-0.05, 0) is 30.7 Å². The van der Waals surface area contributed by atoms with Gasteiger partial charge in [-0.25, -0.2) is 9.37 Å². The highest BCUT2D eigenvalue weighted by atomic mass is 19.1. The molecule has 1 aromatic carbocycles. The molecule has 2 N–H and O–H groups in total. The summed E-state index contributed by atoms with van der Waals surface area (Å²) in [5, 5.41) is 0. The lowest BCUT2D eigenvalue weighted by molar-refractivity contribution is 0.459. The summed E-state index contributed by atoms with van der Waals surface area (Å²) in [5.74, 6) is 1.28. The Bertz CT molecular complexity index is 465. The van der Waals surface area contributed by atoms with Crippen molar-refractivity contribution in [3.8, 4) is 0 Å². The van der Waals surface area contributed by atoms with Crippen LogP contribution in [0.25, 0.3) is 0 Å². The van der Waals surface area contributed by atoms with Gasteiger partial charge in [0, 0.05) is 12.8 Å². The van der Waals surface area contributed by atoms with Crippen LogP contribution in [-0.2, 0) is 12.8 Å². The molecule has 0 aliphatic carbocycles. The fourth-order valence-electron chi connectivity index (χ4n) is 1.60. The number of hydrogen-bond donors (Lipinski definition) is 1. The molecule has 1 aromatic heterocycles. The molecule has 0 aliphatic heterocycles. The van der Waals surface area contributed by atoms with Crippen LogP contribution in [0.3, 0.4) is 0 Å². The molecule has 2 rings (SSSR count). The Balaban J connectivity index is 1.98. The molecule has 0 unspecified atom stereocenters. The maximum Gasteiger partial charge on any atom is 0.198 e. The first-order chi connectivity index (χ1) is 8.28. The first-order valence-corrected chi connectivity index (χ1v) is 5.66. The van der Waals surface area contributed by atoms with Crippen LogP contribution in [0.2, 0.25) is 0 Å². The SMILES string of the molecule is NCCCc1cnc(Cc2ccc(F)cc2)o1. The van der Waals surface area contributed by atoms with Crippen LogP contribution in [0, 0.1) is 5.82 Å². The monoisotopic (exact) mass is 234 g/mol. The molecule has 0 fully saturated rings. The fourth-order valence-corrected chi connectivity index (χ4v) is 1.60. The lowest BCUT2D eigenvalue weighted by Crippen LogP contribution is -1.99. The number of nitrogens with zero attached hydrogens (tertiary/aromatic N) is 1. The fraction of sp³-hybridized carbons (Fsp3) is 0.308. The number of hydrogen-bond acceptors (Lipinski definition) is 3. The Labute approximate surface area is 99.5 Å². The Morgan fingerprint density at radius 2 is 2.00 bits per heavy atom. The highest BCUT2D eigenvalue weighted by Crippen LogP contribution is 2.12. The summed E-state index contributed by atoms with van der Waals surface area (Å²) in [6.45, 7) is 0.647. The number of benzene rings is 1. The van der Waals surface area contributed by atoms with E-state index in [1.165, 1.54) is 12.1 Å². The van der Waals surface area contributed by atoms with E-state index in [1.807, 2.05) is 0 Å². The third kappa shape index (κ3) is 3.39. The van der Waals surface area contributed by atoms with E-state index in [4.69, 9.17) is 10.2 Å². The van der Waals surface area contributed by atoms with Crippen molar-refractivity contribution >= 4 is 0 Å². The summed E-state index contributed by atoms with van der Waals surface area (Å²) < 4.78 is 18.3. The van der Waals surface area contributed by atoms with Crippen molar-refractivity contribution in [1.82, 2.24) is 4.98 Å². The zero-order valence-corrected chi connectivity index (χ0v) is 9.53. The van der Waals surface area contributed by atoms with Gasteiger partial charge >= 0.3 is 0 Å². The molecule has 0 saturated carbocycles.